The third-order valence-corrected chi connectivity index (χ3v) is 11.5. The number of halogens is 1. The number of carbonyl (C=O) groups is 3. The fraction of sp³-hybridized carbons (Fsp3) is 0.318. The Morgan fingerprint density at radius 1 is 0.903 bits per heavy atom. The van der Waals surface area contributed by atoms with Gasteiger partial charge in [-0.3, -0.25) is 33.7 Å². The highest BCUT2D eigenvalue weighted by Gasteiger charge is 2.31. The summed E-state index contributed by atoms with van der Waals surface area (Å²) >= 11 is 0. The van der Waals surface area contributed by atoms with Crippen molar-refractivity contribution < 1.29 is 23.5 Å². The van der Waals surface area contributed by atoms with Crippen LogP contribution >= 0.6 is 0 Å². The van der Waals surface area contributed by atoms with E-state index in [0.29, 0.717) is 57.7 Å². The average molecular weight is 843 g/mol. The molecule has 1 atom stereocenters. The van der Waals surface area contributed by atoms with Gasteiger partial charge in [0, 0.05) is 64.8 Å². The Labute approximate surface area is 356 Å². The largest absolute Gasteiger partial charge is 0.494 e. The van der Waals surface area contributed by atoms with Crippen LogP contribution in [0, 0.1) is 11.7 Å². The van der Waals surface area contributed by atoms with Gasteiger partial charge in [0.1, 0.15) is 17.7 Å². The van der Waals surface area contributed by atoms with Gasteiger partial charge in [-0.15, -0.1) is 0 Å². The minimum atomic E-state index is -0.715. The summed E-state index contributed by atoms with van der Waals surface area (Å²) in [5.74, 6) is 0.573. The first-order chi connectivity index (χ1) is 30.0. The molecule has 2 fully saturated rings. The number of fused-ring (bicyclic) bond motifs is 1. The zero-order valence-corrected chi connectivity index (χ0v) is 34.8. The van der Waals surface area contributed by atoms with Crippen LogP contribution in [-0.2, 0) is 23.2 Å². The Morgan fingerprint density at radius 3 is 2.39 bits per heavy atom. The molecule has 3 amide bonds. The molecule has 0 aliphatic carbocycles. The summed E-state index contributed by atoms with van der Waals surface area (Å²) < 4.78 is 22.3. The fourth-order valence-corrected chi connectivity index (χ4v) is 8.19. The Hall–Kier alpha value is -7.21. The molecule has 0 saturated carbocycles. The highest BCUT2D eigenvalue weighted by atomic mass is 19.1. The highest BCUT2D eigenvalue weighted by molar-refractivity contribution is 6.01. The summed E-state index contributed by atoms with van der Waals surface area (Å²) in [6.07, 6.45) is 8.07. The third-order valence-electron chi connectivity index (χ3n) is 11.5. The van der Waals surface area contributed by atoms with Crippen LogP contribution in [-0.4, -0.2) is 92.5 Å². The number of methoxy groups -OCH3 is 1. The van der Waals surface area contributed by atoms with Crippen molar-refractivity contribution in [1.82, 2.24) is 44.6 Å². The number of likely N-dealkylation sites (tertiary alicyclic amines) is 1. The first kappa shape index (κ1) is 41.5. The second kappa shape index (κ2) is 17.8. The lowest BCUT2D eigenvalue weighted by Gasteiger charge is -2.34. The average Bonchev–Trinajstić information content (AvgIpc) is 3.52. The van der Waals surface area contributed by atoms with Crippen molar-refractivity contribution in [2.75, 3.05) is 56.4 Å². The molecule has 320 valence electrons. The van der Waals surface area contributed by atoms with Crippen LogP contribution in [0.5, 0.6) is 5.75 Å². The number of nitrogens with one attached hydrogen (secondary N) is 4. The number of benzene rings is 2. The summed E-state index contributed by atoms with van der Waals surface area (Å²) in [7, 11) is 6.83. The van der Waals surface area contributed by atoms with Crippen LogP contribution in [0.1, 0.15) is 47.6 Å². The van der Waals surface area contributed by atoms with Gasteiger partial charge < -0.3 is 25.6 Å². The van der Waals surface area contributed by atoms with E-state index in [0.717, 1.165) is 68.2 Å². The summed E-state index contributed by atoms with van der Waals surface area (Å²) in [6.45, 7) is 3.52. The van der Waals surface area contributed by atoms with Crippen LogP contribution in [0.25, 0.3) is 22.4 Å². The molecule has 2 aliphatic rings. The first-order valence-electron chi connectivity index (χ1n) is 20.3. The molecule has 0 spiro atoms. The van der Waals surface area contributed by atoms with Crippen LogP contribution < -0.4 is 36.6 Å². The quantitative estimate of drug-likeness (QED) is 0.115. The molecule has 4 aromatic heterocycles. The number of anilines is 5. The molecule has 2 aromatic carbocycles. The van der Waals surface area contributed by atoms with E-state index in [1.54, 1.807) is 42.9 Å². The zero-order chi connectivity index (χ0) is 43.5. The minimum absolute atomic E-state index is 0.200. The number of pyridine rings is 2. The lowest BCUT2D eigenvalue weighted by molar-refractivity contribution is -0.135. The molecule has 62 heavy (non-hydrogen) atoms. The lowest BCUT2D eigenvalue weighted by atomic mass is 9.96. The summed E-state index contributed by atoms with van der Waals surface area (Å²) in [6, 6.07) is 16.1. The summed E-state index contributed by atoms with van der Waals surface area (Å²) in [5.41, 5.74) is 5.04. The maximum atomic E-state index is 13.5. The van der Waals surface area contributed by atoms with E-state index >= 15 is 0 Å². The number of hydrogen-bond donors (Lipinski definition) is 4. The third kappa shape index (κ3) is 8.67. The van der Waals surface area contributed by atoms with Gasteiger partial charge in [0.25, 0.3) is 5.91 Å². The van der Waals surface area contributed by atoms with Crippen LogP contribution in [0.3, 0.4) is 0 Å². The van der Waals surface area contributed by atoms with E-state index in [2.05, 4.69) is 58.1 Å². The van der Waals surface area contributed by atoms with E-state index in [1.165, 1.54) is 17.9 Å². The maximum Gasteiger partial charge on any atom is 0.329 e. The molecule has 6 aromatic rings. The molecule has 2 aliphatic heterocycles. The summed E-state index contributed by atoms with van der Waals surface area (Å²) in [5, 5.41) is 11.6. The van der Waals surface area contributed by atoms with Crippen LogP contribution in [0.2, 0.25) is 0 Å². The number of imide groups is 1. The van der Waals surface area contributed by atoms with E-state index in [1.807, 2.05) is 36.5 Å². The van der Waals surface area contributed by atoms with Crippen LogP contribution in [0.15, 0.2) is 84.2 Å². The van der Waals surface area contributed by atoms with Crippen molar-refractivity contribution in [1.29, 1.82) is 0 Å². The molecule has 0 bridgehead atoms. The van der Waals surface area contributed by atoms with Gasteiger partial charge in [-0.2, -0.15) is 0 Å². The number of para-hydroxylation sites is 1. The van der Waals surface area contributed by atoms with Gasteiger partial charge in [0.05, 0.1) is 53.0 Å². The van der Waals surface area contributed by atoms with Crippen molar-refractivity contribution >= 4 is 57.5 Å². The number of aryl methyl sites for hydroxylation is 1. The van der Waals surface area contributed by atoms with Crippen molar-refractivity contribution in [2.45, 2.75) is 38.3 Å². The number of hydrogen-bond acceptors (Lipinski definition) is 13. The molecule has 8 rings (SSSR count). The van der Waals surface area contributed by atoms with Crippen LogP contribution in [0.4, 0.5) is 33.1 Å². The fourth-order valence-electron chi connectivity index (χ4n) is 8.19. The maximum absolute atomic E-state index is 13.5. The van der Waals surface area contributed by atoms with E-state index < -0.39 is 17.8 Å². The number of carbonyl (C=O) groups excluding carboxylic acids is 3. The number of ether oxygens (including phenoxy) is 1. The monoisotopic (exact) mass is 842 g/mol. The van der Waals surface area contributed by atoms with Gasteiger partial charge in [0.2, 0.25) is 11.8 Å². The van der Waals surface area contributed by atoms with Crippen molar-refractivity contribution in [3.8, 4) is 17.1 Å². The number of amides is 3. The van der Waals surface area contributed by atoms with Gasteiger partial charge in [-0.25, -0.2) is 29.1 Å². The first-order valence-corrected chi connectivity index (χ1v) is 20.3. The number of rotatable bonds is 13. The SMILES string of the molecule is CNC(=O)c1cnc(Nc2ccc(CN3CCC(CN(C)c4ccc5c(c4)n(C)c(=O)n5C4CCC(=O)NC4=O)CC3)cn2)cc1Nc1cccc(-c2ncc(F)cn2)c1OC. The Balaban J connectivity index is 0.874. The topological polar surface area (TPSA) is 194 Å². The second-order valence-corrected chi connectivity index (χ2v) is 15.6. The highest BCUT2D eigenvalue weighted by Crippen LogP contribution is 2.37. The minimum Gasteiger partial charge on any atom is -0.494 e. The molecule has 2 saturated heterocycles. The van der Waals surface area contributed by atoms with Gasteiger partial charge in [0.15, 0.2) is 17.4 Å². The normalized spacial score (nSPS) is 15.9. The van der Waals surface area contributed by atoms with Crippen molar-refractivity contribution in [3.63, 3.8) is 0 Å². The second-order valence-electron chi connectivity index (χ2n) is 15.6. The molecule has 18 heteroatoms. The number of aromatic nitrogens is 6. The number of imidazole rings is 1. The van der Waals surface area contributed by atoms with Gasteiger partial charge in [-0.05, 0) is 80.2 Å². The zero-order valence-electron chi connectivity index (χ0n) is 34.8. The number of piperidine rings is 2. The smallest absolute Gasteiger partial charge is 0.329 e. The Bertz CT molecular complexity index is 2690. The standard InChI is InChI=1S/C44H47FN12O5/c1-46-42(59)31-23-48-38(19-33(31)51-32-7-5-6-30(40(32)62-4)41-49-21-28(45)22-50-41)52-37-12-8-27(20-47-37)25-56-16-14-26(15-17-56)24-54(2)29-9-10-34-36(18-29)55(3)44(61)57(34)35-11-13-39(58)53-43(35)60/h5-10,12,18-23,26,35H,11,13-17,24-25H2,1-4H3,(H,46,59)(H,53,58,60)(H2,47,48,51,52). The predicted molar refractivity (Wildman–Crippen MR) is 232 cm³/mol. The van der Waals surface area contributed by atoms with E-state index in [4.69, 9.17) is 4.74 Å². The molecule has 17 nitrogen and oxygen atoms in total. The lowest BCUT2D eigenvalue weighted by Crippen LogP contribution is -2.44. The molecule has 6 heterocycles. The van der Waals surface area contributed by atoms with Gasteiger partial charge in [-0.1, -0.05) is 12.1 Å². The van der Waals surface area contributed by atoms with Crippen molar-refractivity contribution in [3.05, 3.63) is 107 Å². The molecule has 1 unspecified atom stereocenters. The van der Waals surface area contributed by atoms with E-state index in [-0.39, 0.29) is 29.7 Å². The van der Waals surface area contributed by atoms with E-state index in [9.17, 15) is 23.6 Å². The van der Waals surface area contributed by atoms with Gasteiger partial charge >= 0.3 is 5.69 Å². The molecule has 4 N–H and O–H groups in total. The Kier molecular flexibility index (Phi) is 11.9. The molecular weight excluding hydrogens is 796 g/mol. The molecule has 0 radical (unpaired) electrons. The number of nitrogens with zero attached hydrogens (tertiary/aromatic N) is 8. The van der Waals surface area contributed by atoms with Crippen molar-refractivity contribution in [2.24, 2.45) is 13.0 Å². The Morgan fingerprint density at radius 2 is 1.68 bits per heavy atom. The summed E-state index contributed by atoms with van der Waals surface area (Å²) in [4.78, 5) is 72.4. The molecular formula is C44H47FN12O5. The predicted octanol–water partition coefficient (Wildman–Crippen LogP) is 4.91.